The minimum absolute atomic E-state index is 0.281. The molecule has 7 heteroatoms. The third kappa shape index (κ3) is 5.25. The van der Waals surface area contributed by atoms with Gasteiger partial charge in [0.2, 0.25) is 5.91 Å². The Bertz CT molecular complexity index is 1080. The molecule has 2 unspecified atom stereocenters. The summed E-state index contributed by atoms with van der Waals surface area (Å²) in [5.41, 5.74) is 1.06. The zero-order valence-corrected chi connectivity index (χ0v) is 17.9. The van der Waals surface area contributed by atoms with Gasteiger partial charge in [-0.25, -0.2) is 4.39 Å². The van der Waals surface area contributed by atoms with Crippen molar-refractivity contribution in [1.82, 2.24) is 10.2 Å². The minimum Gasteiger partial charge on any atom is -0.334 e. The molecule has 1 heterocycles. The van der Waals surface area contributed by atoms with E-state index in [0.29, 0.717) is 30.6 Å². The summed E-state index contributed by atoms with van der Waals surface area (Å²) in [6.45, 7) is 0.818. The Kier molecular flexibility index (Phi) is 6.79. The monoisotopic (exact) mass is 456 g/mol. The zero-order valence-electron chi connectivity index (χ0n) is 17.9. The molecule has 0 spiro atoms. The van der Waals surface area contributed by atoms with Crippen molar-refractivity contribution in [3.8, 4) is 0 Å². The average molecular weight is 456 g/mol. The molecule has 172 valence electrons. The fraction of sp³-hybridized carbons (Fsp3) is 0.269. The predicted octanol–water partition coefficient (Wildman–Crippen LogP) is 6.04. The van der Waals surface area contributed by atoms with Crippen LogP contribution in [-0.4, -0.2) is 17.4 Å². The van der Waals surface area contributed by atoms with Crippen LogP contribution in [-0.2, 0) is 17.5 Å². The first-order valence-electron chi connectivity index (χ1n) is 10.8. The number of amides is 1. The topological polar surface area (TPSA) is 32.3 Å². The molecular weight excluding hydrogens is 432 g/mol. The number of rotatable bonds is 6. The molecule has 4 rings (SSSR count). The van der Waals surface area contributed by atoms with E-state index in [-0.39, 0.29) is 11.7 Å². The Labute approximate surface area is 190 Å². The van der Waals surface area contributed by atoms with Gasteiger partial charge in [-0.15, -0.1) is 0 Å². The molecule has 1 aliphatic heterocycles. The molecule has 0 aliphatic carbocycles. The second-order valence-corrected chi connectivity index (χ2v) is 8.13. The van der Waals surface area contributed by atoms with Crippen molar-refractivity contribution in [2.45, 2.75) is 37.6 Å². The van der Waals surface area contributed by atoms with Crippen LogP contribution in [0.5, 0.6) is 0 Å². The van der Waals surface area contributed by atoms with E-state index in [1.807, 2.05) is 30.3 Å². The van der Waals surface area contributed by atoms with Gasteiger partial charge in [0, 0.05) is 18.7 Å². The lowest BCUT2D eigenvalue weighted by Crippen LogP contribution is -2.40. The molecule has 0 aromatic heterocycles. The van der Waals surface area contributed by atoms with Crippen LogP contribution in [0.3, 0.4) is 0 Å². The highest BCUT2D eigenvalue weighted by atomic mass is 19.4. The van der Waals surface area contributed by atoms with Crippen molar-refractivity contribution in [3.63, 3.8) is 0 Å². The van der Waals surface area contributed by atoms with Crippen LogP contribution in [0.15, 0.2) is 78.9 Å². The number of carbonyl (C=O) groups is 1. The SMILES string of the molecule is O=C(C(NCc1ccccc1)c1ccc(C(F)(F)F)cc1)N1CCCC1c1ccccc1F. The first-order valence-corrected chi connectivity index (χ1v) is 10.8. The molecule has 33 heavy (non-hydrogen) atoms. The first-order chi connectivity index (χ1) is 15.8. The third-order valence-electron chi connectivity index (χ3n) is 5.97. The summed E-state index contributed by atoms with van der Waals surface area (Å²) in [5.74, 6) is -0.651. The Hall–Kier alpha value is -3.19. The normalized spacial score (nSPS) is 17.2. The molecule has 1 amide bonds. The van der Waals surface area contributed by atoms with Crippen LogP contribution in [0.4, 0.5) is 17.6 Å². The summed E-state index contributed by atoms with van der Waals surface area (Å²) in [5, 5.41) is 3.21. The van der Waals surface area contributed by atoms with Crippen molar-refractivity contribution in [3.05, 3.63) is 107 Å². The fourth-order valence-corrected chi connectivity index (χ4v) is 4.29. The summed E-state index contributed by atoms with van der Waals surface area (Å²) in [6, 6.07) is 19.2. The van der Waals surface area contributed by atoms with Gasteiger partial charge in [-0.3, -0.25) is 10.1 Å². The van der Waals surface area contributed by atoms with E-state index in [1.165, 1.54) is 18.2 Å². The second kappa shape index (κ2) is 9.75. The lowest BCUT2D eigenvalue weighted by molar-refractivity contribution is -0.137. The Morgan fingerprint density at radius 2 is 1.64 bits per heavy atom. The molecule has 0 radical (unpaired) electrons. The summed E-state index contributed by atoms with van der Waals surface area (Å²) in [7, 11) is 0. The van der Waals surface area contributed by atoms with Gasteiger partial charge in [0.1, 0.15) is 11.9 Å². The molecule has 0 bridgehead atoms. The van der Waals surface area contributed by atoms with E-state index in [1.54, 1.807) is 23.1 Å². The van der Waals surface area contributed by atoms with Crippen molar-refractivity contribution in [2.24, 2.45) is 0 Å². The van der Waals surface area contributed by atoms with Crippen LogP contribution in [0.2, 0.25) is 0 Å². The number of carbonyl (C=O) groups excluding carboxylic acids is 1. The van der Waals surface area contributed by atoms with Gasteiger partial charge in [0.15, 0.2) is 0 Å². The smallest absolute Gasteiger partial charge is 0.334 e. The second-order valence-electron chi connectivity index (χ2n) is 8.13. The lowest BCUT2D eigenvalue weighted by atomic mass is 10.00. The summed E-state index contributed by atoms with van der Waals surface area (Å²) >= 11 is 0. The number of likely N-dealkylation sites (tertiary alicyclic amines) is 1. The quantitative estimate of drug-likeness (QED) is 0.459. The number of nitrogens with zero attached hydrogens (tertiary/aromatic N) is 1. The molecular formula is C26H24F4N2O. The van der Waals surface area contributed by atoms with Gasteiger partial charge in [0.05, 0.1) is 11.6 Å². The summed E-state index contributed by atoms with van der Waals surface area (Å²) < 4.78 is 53.6. The highest BCUT2D eigenvalue weighted by Crippen LogP contribution is 2.36. The summed E-state index contributed by atoms with van der Waals surface area (Å²) in [4.78, 5) is 15.3. The number of benzene rings is 3. The van der Waals surface area contributed by atoms with Crippen LogP contribution in [0.25, 0.3) is 0 Å². The van der Waals surface area contributed by atoms with E-state index in [9.17, 15) is 22.4 Å². The van der Waals surface area contributed by atoms with Gasteiger partial charge in [-0.05, 0) is 42.2 Å². The third-order valence-corrected chi connectivity index (χ3v) is 5.97. The zero-order chi connectivity index (χ0) is 23.4. The Balaban J connectivity index is 1.63. The maximum atomic E-state index is 14.5. The van der Waals surface area contributed by atoms with E-state index < -0.39 is 23.8 Å². The van der Waals surface area contributed by atoms with Crippen LogP contribution in [0, 0.1) is 5.82 Å². The molecule has 1 aliphatic rings. The highest BCUT2D eigenvalue weighted by molar-refractivity contribution is 5.84. The number of hydrogen-bond donors (Lipinski definition) is 1. The van der Waals surface area contributed by atoms with Gasteiger partial charge in [-0.2, -0.15) is 13.2 Å². The molecule has 0 saturated carbocycles. The number of hydrogen-bond acceptors (Lipinski definition) is 2. The van der Waals surface area contributed by atoms with E-state index in [2.05, 4.69) is 5.32 Å². The number of halogens is 4. The number of alkyl halides is 3. The average Bonchev–Trinajstić information content (AvgIpc) is 3.29. The molecule has 2 atom stereocenters. The molecule has 3 nitrogen and oxygen atoms in total. The highest BCUT2D eigenvalue weighted by Gasteiger charge is 2.36. The largest absolute Gasteiger partial charge is 0.416 e. The van der Waals surface area contributed by atoms with Gasteiger partial charge in [0.25, 0.3) is 0 Å². The van der Waals surface area contributed by atoms with Crippen LogP contribution < -0.4 is 5.32 Å². The van der Waals surface area contributed by atoms with Crippen molar-refractivity contribution in [2.75, 3.05) is 6.54 Å². The molecule has 1 N–H and O–H groups in total. The van der Waals surface area contributed by atoms with E-state index in [4.69, 9.17) is 0 Å². The minimum atomic E-state index is -4.46. The van der Waals surface area contributed by atoms with E-state index >= 15 is 0 Å². The van der Waals surface area contributed by atoms with Crippen LogP contribution >= 0.6 is 0 Å². The maximum absolute atomic E-state index is 14.5. The predicted molar refractivity (Wildman–Crippen MR) is 118 cm³/mol. The van der Waals surface area contributed by atoms with Crippen molar-refractivity contribution in [1.29, 1.82) is 0 Å². The summed E-state index contributed by atoms with van der Waals surface area (Å²) in [6.07, 6.45) is -3.10. The van der Waals surface area contributed by atoms with Gasteiger partial charge >= 0.3 is 6.18 Å². The Morgan fingerprint density at radius 1 is 0.970 bits per heavy atom. The van der Waals surface area contributed by atoms with Crippen LogP contribution in [0.1, 0.15) is 47.2 Å². The van der Waals surface area contributed by atoms with Crippen molar-refractivity contribution >= 4 is 5.91 Å². The molecule has 1 saturated heterocycles. The maximum Gasteiger partial charge on any atom is 0.416 e. The van der Waals surface area contributed by atoms with Gasteiger partial charge in [-0.1, -0.05) is 60.7 Å². The fourth-order valence-electron chi connectivity index (χ4n) is 4.29. The molecule has 3 aromatic rings. The van der Waals surface area contributed by atoms with Gasteiger partial charge < -0.3 is 4.90 Å². The molecule has 3 aromatic carbocycles. The number of nitrogens with one attached hydrogen (secondary N) is 1. The first kappa shape index (κ1) is 23.0. The lowest BCUT2D eigenvalue weighted by Gasteiger charge is -2.30. The standard InChI is InChI=1S/C26H24F4N2O/c27-22-10-5-4-9-21(22)23-11-6-16-32(23)25(33)24(31-17-18-7-2-1-3-8-18)19-12-14-20(15-13-19)26(28,29)30/h1-5,7-10,12-15,23-24,31H,6,11,16-17H2. The van der Waals surface area contributed by atoms with E-state index in [0.717, 1.165) is 24.1 Å². The van der Waals surface area contributed by atoms with Crippen molar-refractivity contribution < 1.29 is 22.4 Å². The molecule has 1 fully saturated rings. The Morgan fingerprint density at radius 3 is 2.30 bits per heavy atom.